The fourth-order valence-electron chi connectivity index (χ4n) is 1.56. The topological polar surface area (TPSA) is 38.0 Å². The van der Waals surface area contributed by atoms with Crippen LogP contribution in [0.3, 0.4) is 0 Å². The van der Waals surface area contributed by atoms with Gasteiger partial charge in [-0.05, 0) is 18.4 Å². The first-order chi connectivity index (χ1) is 5.33. The third-order valence-electron chi connectivity index (χ3n) is 2.40. The highest BCUT2D eigenvalue weighted by molar-refractivity contribution is 5.16. The van der Waals surface area contributed by atoms with Crippen molar-refractivity contribution in [1.82, 2.24) is 9.78 Å². The van der Waals surface area contributed by atoms with Crippen LogP contribution in [0.2, 0.25) is 0 Å². The standard InChI is InChI=1S/C8H12N2O/c1-10-8(2-3-9-10)7-4-6(7)5-11/h2-3,6-7,11H,4-5H2,1H3. The van der Waals surface area contributed by atoms with Crippen LogP contribution in [0, 0.1) is 5.92 Å². The third kappa shape index (κ3) is 1.05. The van der Waals surface area contributed by atoms with Gasteiger partial charge in [-0.2, -0.15) is 5.10 Å². The highest BCUT2D eigenvalue weighted by Crippen LogP contribution is 2.46. The number of hydrogen-bond acceptors (Lipinski definition) is 2. The Balaban J connectivity index is 2.14. The van der Waals surface area contributed by atoms with Gasteiger partial charge in [0.15, 0.2) is 0 Å². The van der Waals surface area contributed by atoms with Crippen LogP contribution in [0.5, 0.6) is 0 Å². The van der Waals surface area contributed by atoms with Crippen molar-refractivity contribution < 1.29 is 5.11 Å². The van der Waals surface area contributed by atoms with Crippen LogP contribution >= 0.6 is 0 Å². The van der Waals surface area contributed by atoms with E-state index in [4.69, 9.17) is 5.11 Å². The number of aliphatic hydroxyl groups is 1. The molecule has 60 valence electrons. The molecule has 11 heavy (non-hydrogen) atoms. The Morgan fingerprint density at radius 2 is 2.64 bits per heavy atom. The molecule has 0 aliphatic heterocycles. The van der Waals surface area contributed by atoms with Gasteiger partial charge < -0.3 is 5.11 Å². The molecule has 0 radical (unpaired) electrons. The molecule has 1 saturated carbocycles. The first-order valence-electron chi connectivity index (χ1n) is 3.91. The van der Waals surface area contributed by atoms with Crippen molar-refractivity contribution in [3.8, 4) is 0 Å². The van der Waals surface area contributed by atoms with Crippen LogP contribution in [0.1, 0.15) is 18.0 Å². The predicted octanol–water partition coefficient (Wildman–Crippen LogP) is 0.516. The molecule has 1 aromatic rings. The van der Waals surface area contributed by atoms with Crippen molar-refractivity contribution in [2.24, 2.45) is 13.0 Å². The second-order valence-electron chi connectivity index (χ2n) is 3.16. The molecule has 2 unspecified atom stereocenters. The van der Waals surface area contributed by atoms with Crippen molar-refractivity contribution in [2.45, 2.75) is 12.3 Å². The average Bonchev–Trinajstić information content (AvgIpc) is 2.68. The minimum Gasteiger partial charge on any atom is -0.396 e. The maximum atomic E-state index is 8.84. The Kier molecular flexibility index (Phi) is 1.46. The van der Waals surface area contributed by atoms with E-state index in [0.29, 0.717) is 18.4 Å². The zero-order chi connectivity index (χ0) is 7.84. The molecule has 0 saturated heterocycles. The van der Waals surface area contributed by atoms with E-state index in [9.17, 15) is 0 Å². The van der Waals surface area contributed by atoms with Gasteiger partial charge in [0, 0.05) is 31.5 Å². The van der Waals surface area contributed by atoms with E-state index in [1.807, 2.05) is 24.0 Å². The minimum atomic E-state index is 0.315. The molecule has 1 aromatic heterocycles. The summed E-state index contributed by atoms with van der Waals surface area (Å²) in [6.07, 6.45) is 2.93. The molecule has 0 aromatic carbocycles. The van der Waals surface area contributed by atoms with Crippen molar-refractivity contribution in [3.05, 3.63) is 18.0 Å². The van der Waals surface area contributed by atoms with E-state index in [1.165, 1.54) is 5.69 Å². The molecular formula is C8H12N2O. The van der Waals surface area contributed by atoms with Gasteiger partial charge in [0.1, 0.15) is 0 Å². The van der Waals surface area contributed by atoms with Gasteiger partial charge in [-0.1, -0.05) is 0 Å². The van der Waals surface area contributed by atoms with Crippen LogP contribution in [-0.2, 0) is 7.05 Å². The number of hydrogen-bond donors (Lipinski definition) is 1. The lowest BCUT2D eigenvalue weighted by molar-refractivity contribution is 0.273. The molecule has 1 aliphatic rings. The third-order valence-corrected chi connectivity index (χ3v) is 2.40. The fourth-order valence-corrected chi connectivity index (χ4v) is 1.56. The average molecular weight is 152 g/mol. The Labute approximate surface area is 65.7 Å². The summed E-state index contributed by atoms with van der Waals surface area (Å²) in [7, 11) is 1.95. The Morgan fingerprint density at radius 1 is 1.82 bits per heavy atom. The normalized spacial score (nSPS) is 28.9. The number of rotatable bonds is 2. The molecule has 2 atom stereocenters. The fraction of sp³-hybridized carbons (Fsp3) is 0.625. The molecule has 1 N–H and O–H groups in total. The van der Waals surface area contributed by atoms with E-state index in [1.54, 1.807) is 0 Å². The summed E-state index contributed by atoms with van der Waals surface area (Å²) in [6, 6.07) is 2.03. The highest BCUT2D eigenvalue weighted by atomic mass is 16.3. The molecule has 0 amide bonds. The van der Waals surface area contributed by atoms with Crippen LogP contribution < -0.4 is 0 Å². The molecule has 0 spiro atoms. The largest absolute Gasteiger partial charge is 0.396 e. The van der Waals surface area contributed by atoms with Gasteiger partial charge in [-0.25, -0.2) is 0 Å². The number of nitrogens with zero attached hydrogens (tertiary/aromatic N) is 2. The SMILES string of the molecule is Cn1nccc1C1CC1CO. The van der Waals surface area contributed by atoms with E-state index < -0.39 is 0 Å². The Hall–Kier alpha value is -0.830. The smallest absolute Gasteiger partial charge is 0.0492 e. The summed E-state index contributed by atoms with van der Waals surface area (Å²) in [4.78, 5) is 0. The van der Waals surface area contributed by atoms with Crippen LogP contribution in [-0.4, -0.2) is 21.5 Å². The molecule has 1 fully saturated rings. The maximum absolute atomic E-state index is 8.84. The van der Waals surface area contributed by atoms with Crippen molar-refractivity contribution in [1.29, 1.82) is 0 Å². The van der Waals surface area contributed by atoms with Gasteiger partial charge in [0.25, 0.3) is 0 Å². The van der Waals surface area contributed by atoms with Gasteiger partial charge in [-0.15, -0.1) is 0 Å². The van der Waals surface area contributed by atoms with Crippen LogP contribution in [0.4, 0.5) is 0 Å². The van der Waals surface area contributed by atoms with Crippen molar-refractivity contribution in [3.63, 3.8) is 0 Å². The summed E-state index contributed by atoms with van der Waals surface area (Å²) in [5.41, 5.74) is 1.25. The molecular weight excluding hydrogens is 140 g/mol. The second kappa shape index (κ2) is 2.34. The minimum absolute atomic E-state index is 0.315. The van der Waals surface area contributed by atoms with Crippen molar-refractivity contribution in [2.75, 3.05) is 6.61 Å². The summed E-state index contributed by atoms with van der Waals surface area (Å²) in [5, 5.41) is 12.9. The van der Waals surface area contributed by atoms with E-state index in [2.05, 4.69) is 5.10 Å². The van der Waals surface area contributed by atoms with Gasteiger partial charge in [0.05, 0.1) is 0 Å². The first kappa shape index (κ1) is 6.85. The molecule has 1 heterocycles. The summed E-state index contributed by atoms with van der Waals surface area (Å²) in [6.45, 7) is 0.315. The number of aliphatic hydroxyl groups excluding tert-OH is 1. The predicted molar refractivity (Wildman–Crippen MR) is 41.1 cm³/mol. The lowest BCUT2D eigenvalue weighted by atomic mass is 10.2. The molecule has 3 heteroatoms. The second-order valence-corrected chi connectivity index (χ2v) is 3.16. The van der Waals surface area contributed by atoms with E-state index in [-0.39, 0.29) is 0 Å². The Morgan fingerprint density at radius 3 is 3.09 bits per heavy atom. The molecule has 1 aliphatic carbocycles. The van der Waals surface area contributed by atoms with Crippen LogP contribution in [0.15, 0.2) is 12.3 Å². The van der Waals surface area contributed by atoms with Crippen molar-refractivity contribution >= 4 is 0 Å². The number of aryl methyl sites for hydroxylation is 1. The summed E-state index contributed by atoms with van der Waals surface area (Å²) >= 11 is 0. The van der Waals surface area contributed by atoms with E-state index in [0.717, 1.165) is 6.42 Å². The number of aromatic nitrogens is 2. The maximum Gasteiger partial charge on any atom is 0.0492 e. The summed E-state index contributed by atoms with van der Waals surface area (Å²) < 4.78 is 1.89. The van der Waals surface area contributed by atoms with Gasteiger partial charge >= 0.3 is 0 Å². The molecule has 0 bridgehead atoms. The zero-order valence-electron chi connectivity index (χ0n) is 6.57. The highest BCUT2D eigenvalue weighted by Gasteiger charge is 2.39. The van der Waals surface area contributed by atoms with Gasteiger partial charge in [-0.3, -0.25) is 4.68 Å². The Bertz CT molecular complexity index is 256. The van der Waals surface area contributed by atoms with E-state index >= 15 is 0 Å². The molecule has 2 rings (SSSR count). The summed E-state index contributed by atoms with van der Waals surface area (Å²) in [5.74, 6) is 1.05. The van der Waals surface area contributed by atoms with Gasteiger partial charge in [0.2, 0.25) is 0 Å². The molecule has 3 nitrogen and oxygen atoms in total. The lowest BCUT2D eigenvalue weighted by Gasteiger charge is -1.97. The quantitative estimate of drug-likeness (QED) is 0.670. The lowest BCUT2D eigenvalue weighted by Crippen LogP contribution is -1.98. The zero-order valence-corrected chi connectivity index (χ0v) is 6.57. The first-order valence-corrected chi connectivity index (χ1v) is 3.91. The van der Waals surface area contributed by atoms with Crippen LogP contribution in [0.25, 0.3) is 0 Å². The monoisotopic (exact) mass is 152 g/mol.